The van der Waals surface area contributed by atoms with E-state index < -0.39 is 5.97 Å². The Morgan fingerprint density at radius 2 is 1.87 bits per heavy atom. The zero-order chi connectivity index (χ0) is 21.2. The van der Waals surface area contributed by atoms with Crippen LogP contribution < -0.4 is 0 Å². The van der Waals surface area contributed by atoms with Crippen LogP contribution in [0.2, 0.25) is 0 Å². The van der Waals surface area contributed by atoms with Crippen LogP contribution in [0.3, 0.4) is 0 Å². The van der Waals surface area contributed by atoms with Gasteiger partial charge in [0.05, 0.1) is 5.56 Å². The van der Waals surface area contributed by atoms with Crippen LogP contribution >= 0.6 is 11.3 Å². The maximum atomic E-state index is 12.0. The molecule has 0 amide bonds. The molecule has 0 bridgehead atoms. The van der Waals surface area contributed by atoms with Crippen molar-refractivity contribution in [2.75, 3.05) is 19.6 Å². The molecule has 1 aliphatic rings. The molecule has 4 aromatic rings. The van der Waals surface area contributed by atoms with Crippen LogP contribution in [0.4, 0.5) is 0 Å². The minimum atomic E-state index is -0.900. The number of carbonyl (C=O) groups is 1. The van der Waals surface area contributed by atoms with Gasteiger partial charge in [0.1, 0.15) is 0 Å². The number of aromatic carboxylic acids is 1. The van der Waals surface area contributed by atoms with E-state index in [1.54, 1.807) is 17.4 Å². The first-order valence-corrected chi connectivity index (χ1v) is 11.7. The molecule has 3 aromatic heterocycles. The summed E-state index contributed by atoms with van der Waals surface area (Å²) in [4.78, 5) is 19.0. The highest BCUT2D eigenvalue weighted by atomic mass is 32.1. The maximum Gasteiger partial charge on any atom is 0.336 e. The quantitative estimate of drug-likeness (QED) is 0.431. The number of fused-ring (bicyclic) bond motifs is 1. The molecular formula is C25H25N3O2S. The molecule has 158 valence electrons. The molecule has 1 N–H and O–H groups in total. The predicted octanol–water partition coefficient (Wildman–Crippen LogP) is 5.62. The predicted molar refractivity (Wildman–Crippen MR) is 126 cm³/mol. The van der Waals surface area contributed by atoms with Crippen LogP contribution in [0.25, 0.3) is 33.2 Å². The average molecular weight is 432 g/mol. The van der Waals surface area contributed by atoms with Crippen LogP contribution in [0.5, 0.6) is 0 Å². The second kappa shape index (κ2) is 8.65. The van der Waals surface area contributed by atoms with Crippen LogP contribution in [0.1, 0.15) is 29.6 Å². The third kappa shape index (κ3) is 4.01. The van der Waals surface area contributed by atoms with E-state index in [9.17, 15) is 9.90 Å². The molecule has 0 aliphatic carbocycles. The third-order valence-corrected chi connectivity index (χ3v) is 6.83. The number of hydrogen-bond donors (Lipinski definition) is 1. The number of benzene rings is 1. The van der Waals surface area contributed by atoms with Crippen molar-refractivity contribution in [1.82, 2.24) is 14.5 Å². The van der Waals surface area contributed by atoms with Gasteiger partial charge in [0, 0.05) is 59.3 Å². The van der Waals surface area contributed by atoms with Crippen LogP contribution in [0.15, 0.2) is 59.7 Å². The number of thiophene rings is 1. The van der Waals surface area contributed by atoms with Gasteiger partial charge >= 0.3 is 5.97 Å². The highest BCUT2D eigenvalue weighted by Crippen LogP contribution is 2.35. The van der Waals surface area contributed by atoms with E-state index in [0.717, 1.165) is 59.3 Å². The number of carboxylic acid groups (broad SMARTS) is 1. The molecule has 0 unspecified atom stereocenters. The van der Waals surface area contributed by atoms with Crippen molar-refractivity contribution in [3.63, 3.8) is 0 Å². The van der Waals surface area contributed by atoms with Gasteiger partial charge in [0.15, 0.2) is 0 Å². The van der Waals surface area contributed by atoms with Gasteiger partial charge in [-0.25, -0.2) is 4.79 Å². The molecule has 0 atom stereocenters. The van der Waals surface area contributed by atoms with Crippen molar-refractivity contribution < 1.29 is 9.90 Å². The molecule has 0 spiro atoms. The van der Waals surface area contributed by atoms with Crippen LogP contribution in [-0.2, 0) is 6.54 Å². The summed E-state index contributed by atoms with van der Waals surface area (Å²) in [6, 6.07) is 9.75. The molecule has 0 radical (unpaired) electrons. The van der Waals surface area contributed by atoms with Crippen molar-refractivity contribution in [2.45, 2.75) is 25.8 Å². The molecule has 6 heteroatoms. The van der Waals surface area contributed by atoms with E-state index in [-0.39, 0.29) is 0 Å². The average Bonchev–Trinajstić information content (AvgIpc) is 3.47. The summed E-state index contributed by atoms with van der Waals surface area (Å²) in [5, 5.41) is 14.8. The molecule has 0 saturated carbocycles. The molecule has 1 aromatic carbocycles. The first-order valence-electron chi connectivity index (χ1n) is 10.8. The second-order valence-corrected chi connectivity index (χ2v) is 8.90. The normalized spacial score (nSPS) is 14.8. The molecule has 1 saturated heterocycles. The molecule has 5 rings (SSSR count). The van der Waals surface area contributed by atoms with Gasteiger partial charge in [-0.2, -0.15) is 11.3 Å². The number of aromatic nitrogens is 2. The molecular weight excluding hydrogens is 406 g/mol. The number of rotatable bonds is 6. The monoisotopic (exact) mass is 431 g/mol. The lowest BCUT2D eigenvalue weighted by Gasteiger charge is -2.26. The molecule has 1 fully saturated rings. The van der Waals surface area contributed by atoms with Crippen molar-refractivity contribution in [1.29, 1.82) is 0 Å². The first-order chi connectivity index (χ1) is 15.2. The van der Waals surface area contributed by atoms with Gasteiger partial charge in [-0.1, -0.05) is 12.5 Å². The lowest BCUT2D eigenvalue weighted by molar-refractivity contribution is 0.0699. The minimum Gasteiger partial charge on any atom is -0.478 e. The largest absolute Gasteiger partial charge is 0.478 e. The summed E-state index contributed by atoms with van der Waals surface area (Å²) in [7, 11) is 0. The zero-order valence-electron chi connectivity index (χ0n) is 17.3. The molecule has 1 aliphatic heterocycles. The number of nitrogens with zero attached hydrogens (tertiary/aromatic N) is 3. The van der Waals surface area contributed by atoms with E-state index in [0.29, 0.717) is 5.56 Å². The van der Waals surface area contributed by atoms with Gasteiger partial charge in [-0.05, 0) is 66.5 Å². The fourth-order valence-electron chi connectivity index (χ4n) is 4.54. The number of hydrogen-bond acceptors (Lipinski definition) is 4. The van der Waals surface area contributed by atoms with Gasteiger partial charge < -0.3 is 14.6 Å². The topological polar surface area (TPSA) is 58.4 Å². The molecule has 31 heavy (non-hydrogen) atoms. The summed E-state index contributed by atoms with van der Waals surface area (Å²) >= 11 is 1.65. The number of likely N-dealkylation sites (tertiary alicyclic amines) is 1. The lowest BCUT2D eigenvalue weighted by Crippen LogP contribution is -2.32. The van der Waals surface area contributed by atoms with Gasteiger partial charge in [-0.15, -0.1) is 0 Å². The van der Waals surface area contributed by atoms with Crippen molar-refractivity contribution in [3.05, 3.63) is 65.2 Å². The third-order valence-electron chi connectivity index (χ3n) is 6.15. The smallest absolute Gasteiger partial charge is 0.336 e. The summed E-state index contributed by atoms with van der Waals surface area (Å²) in [6.07, 6.45) is 9.65. The van der Waals surface area contributed by atoms with E-state index in [2.05, 4.69) is 43.5 Å². The first kappa shape index (κ1) is 20.0. The van der Waals surface area contributed by atoms with E-state index in [1.165, 1.54) is 19.3 Å². The van der Waals surface area contributed by atoms with Crippen molar-refractivity contribution >= 4 is 28.2 Å². The van der Waals surface area contributed by atoms with Crippen molar-refractivity contribution in [3.8, 4) is 22.3 Å². The fraction of sp³-hybridized carbons (Fsp3) is 0.280. The number of piperidine rings is 1. The Hall–Kier alpha value is -2.96. The van der Waals surface area contributed by atoms with Crippen LogP contribution in [-0.4, -0.2) is 45.2 Å². The zero-order valence-corrected chi connectivity index (χ0v) is 18.1. The van der Waals surface area contributed by atoms with E-state index >= 15 is 0 Å². The lowest BCUT2D eigenvalue weighted by atomic mass is 10.00. The Morgan fingerprint density at radius 1 is 1.03 bits per heavy atom. The molecule has 5 nitrogen and oxygen atoms in total. The fourth-order valence-corrected chi connectivity index (χ4v) is 5.21. The Bertz CT molecular complexity index is 1210. The number of carboxylic acids is 1. The molecule has 4 heterocycles. The highest BCUT2D eigenvalue weighted by molar-refractivity contribution is 7.08. The van der Waals surface area contributed by atoms with Gasteiger partial charge in [-0.3, -0.25) is 4.98 Å². The summed E-state index contributed by atoms with van der Waals surface area (Å²) < 4.78 is 2.21. The highest BCUT2D eigenvalue weighted by Gasteiger charge is 2.19. The Kier molecular flexibility index (Phi) is 5.57. The maximum absolute atomic E-state index is 12.0. The minimum absolute atomic E-state index is 0.338. The Morgan fingerprint density at radius 3 is 2.65 bits per heavy atom. The standard InChI is InChI=1S/C25H25N3O2S/c29-25(30)21-5-4-6-23-24(21)22(16-28(23)11-10-27-8-2-1-3-9-27)20-13-19(14-26-15-20)18-7-12-31-17-18/h4-7,12-17H,1-3,8-11H2,(H,29,30). The van der Waals surface area contributed by atoms with Gasteiger partial charge in [0.2, 0.25) is 0 Å². The van der Waals surface area contributed by atoms with Gasteiger partial charge in [0.25, 0.3) is 0 Å². The Labute approximate surface area is 185 Å². The summed E-state index contributed by atoms with van der Waals surface area (Å²) in [6.45, 7) is 4.13. The van der Waals surface area contributed by atoms with E-state index in [1.807, 2.05) is 24.5 Å². The summed E-state index contributed by atoms with van der Waals surface area (Å²) in [5.41, 5.74) is 5.35. The van der Waals surface area contributed by atoms with Crippen molar-refractivity contribution in [2.24, 2.45) is 0 Å². The van der Waals surface area contributed by atoms with Crippen LogP contribution in [0, 0.1) is 0 Å². The Balaban J connectivity index is 1.58. The second-order valence-electron chi connectivity index (χ2n) is 8.12. The SMILES string of the molecule is O=C(O)c1cccc2c1c(-c1cncc(-c3ccsc3)c1)cn2CCN1CCCCC1. The summed E-state index contributed by atoms with van der Waals surface area (Å²) in [5.74, 6) is -0.900. The number of pyridine rings is 1. The van der Waals surface area contributed by atoms with E-state index in [4.69, 9.17) is 0 Å².